The van der Waals surface area contributed by atoms with Gasteiger partial charge in [-0.15, -0.1) is 0 Å². The zero-order chi connectivity index (χ0) is 24.2. The molecule has 3 aromatic rings. The van der Waals surface area contributed by atoms with E-state index in [9.17, 15) is 22.8 Å². The summed E-state index contributed by atoms with van der Waals surface area (Å²) >= 11 is 5.59. The van der Waals surface area contributed by atoms with Crippen molar-refractivity contribution in [3.05, 3.63) is 82.4 Å². The Morgan fingerprint density at radius 2 is 1.64 bits per heavy atom. The van der Waals surface area contributed by atoms with Crippen LogP contribution in [0.5, 0.6) is 11.5 Å². The Morgan fingerprint density at radius 1 is 0.970 bits per heavy atom. The summed E-state index contributed by atoms with van der Waals surface area (Å²) in [6.07, 6.45) is -4.68. The number of carbonyl (C=O) groups excluding carboxylic acids is 2. The quantitative estimate of drug-likeness (QED) is 0.395. The van der Waals surface area contributed by atoms with Crippen molar-refractivity contribution < 1.29 is 27.5 Å². The molecule has 0 aliphatic rings. The van der Waals surface area contributed by atoms with Crippen molar-refractivity contribution in [2.24, 2.45) is 0 Å². The molecule has 0 bridgehead atoms. The number of nitrogens with two attached hydrogens (primary N) is 1. The average Bonchev–Trinajstić information content (AvgIpc) is 2.76. The molecule has 0 aromatic heterocycles. The third-order valence-electron chi connectivity index (χ3n) is 4.49. The number of hydrogen-bond donors (Lipinski definition) is 3. The molecule has 2 amide bonds. The lowest BCUT2D eigenvalue weighted by Crippen LogP contribution is -2.23. The molecular formula is C23H19ClF3N3O3. The van der Waals surface area contributed by atoms with Crippen molar-refractivity contribution >= 4 is 34.8 Å². The third-order valence-corrected chi connectivity index (χ3v) is 4.82. The molecule has 172 valence electrons. The Bertz CT molecular complexity index is 1180. The Morgan fingerprint density at radius 3 is 2.27 bits per heavy atom. The number of rotatable bonds is 6. The standard InChI is InChI=1S/C23H19ClF3N3O3/c1-2-29-22(32)17-12-16(8-10-20(17)28)33-15-6-4-14(5-7-15)30-21(31)13-3-9-19(24)18(11-13)23(25,26)27/h3-12H,2,28H2,1H3,(H,29,32)(H,30,31). The van der Waals surface area contributed by atoms with Crippen molar-refractivity contribution in [3.63, 3.8) is 0 Å². The number of hydrogen-bond acceptors (Lipinski definition) is 4. The van der Waals surface area contributed by atoms with Crippen LogP contribution < -0.4 is 21.1 Å². The number of amides is 2. The van der Waals surface area contributed by atoms with Gasteiger partial charge in [0, 0.05) is 23.5 Å². The van der Waals surface area contributed by atoms with Gasteiger partial charge in [0.05, 0.1) is 16.1 Å². The van der Waals surface area contributed by atoms with E-state index in [4.69, 9.17) is 22.1 Å². The summed E-state index contributed by atoms with van der Waals surface area (Å²) in [5.41, 5.74) is 5.50. The predicted octanol–water partition coefficient (Wildman–Crippen LogP) is 5.74. The van der Waals surface area contributed by atoms with E-state index in [0.717, 1.165) is 6.07 Å². The zero-order valence-electron chi connectivity index (χ0n) is 17.3. The van der Waals surface area contributed by atoms with Gasteiger partial charge < -0.3 is 21.1 Å². The summed E-state index contributed by atoms with van der Waals surface area (Å²) in [6, 6.07) is 13.8. The van der Waals surface area contributed by atoms with Gasteiger partial charge in [0.2, 0.25) is 0 Å². The lowest BCUT2D eigenvalue weighted by atomic mass is 10.1. The van der Waals surface area contributed by atoms with Gasteiger partial charge in [0.25, 0.3) is 11.8 Å². The Balaban J connectivity index is 1.71. The van der Waals surface area contributed by atoms with Gasteiger partial charge in [-0.1, -0.05) is 11.6 Å². The second-order valence-corrected chi connectivity index (χ2v) is 7.29. The zero-order valence-corrected chi connectivity index (χ0v) is 18.1. The molecule has 6 nitrogen and oxygen atoms in total. The summed E-state index contributed by atoms with van der Waals surface area (Å²) < 4.78 is 44.8. The molecule has 4 N–H and O–H groups in total. The van der Waals surface area contributed by atoms with Crippen molar-refractivity contribution in [2.45, 2.75) is 13.1 Å². The van der Waals surface area contributed by atoms with Gasteiger partial charge in [0.15, 0.2) is 0 Å². The number of carbonyl (C=O) groups is 2. The first-order chi connectivity index (χ1) is 15.6. The molecule has 0 aliphatic carbocycles. The fraction of sp³-hybridized carbons (Fsp3) is 0.130. The maximum atomic E-state index is 13.0. The number of nitrogen functional groups attached to an aromatic ring is 1. The van der Waals surface area contributed by atoms with E-state index in [0.29, 0.717) is 35.5 Å². The summed E-state index contributed by atoms with van der Waals surface area (Å²) in [5.74, 6) is -0.265. The van der Waals surface area contributed by atoms with Gasteiger partial charge in [-0.25, -0.2) is 0 Å². The van der Waals surface area contributed by atoms with E-state index < -0.39 is 22.7 Å². The summed E-state index contributed by atoms with van der Waals surface area (Å²) in [7, 11) is 0. The molecule has 3 rings (SSSR count). The molecule has 0 saturated carbocycles. The minimum Gasteiger partial charge on any atom is -0.457 e. The third kappa shape index (κ3) is 5.95. The van der Waals surface area contributed by atoms with Crippen LogP contribution in [0.25, 0.3) is 0 Å². The smallest absolute Gasteiger partial charge is 0.417 e. The van der Waals surface area contributed by atoms with E-state index in [-0.39, 0.29) is 17.0 Å². The molecule has 10 heteroatoms. The van der Waals surface area contributed by atoms with Crippen molar-refractivity contribution in [2.75, 3.05) is 17.6 Å². The minimum atomic E-state index is -4.68. The Kier molecular flexibility index (Phi) is 7.13. The first kappa shape index (κ1) is 23.9. The molecule has 3 aromatic carbocycles. The maximum Gasteiger partial charge on any atom is 0.417 e. The van der Waals surface area contributed by atoms with Gasteiger partial charge in [-0.05, 0) is 67.6 Å². The molecule has 0 unspecified atom stereocenters. The minimum absolute atomic E-state index is 0.188. The van der Waals surface area contributed by atoms with E-state index in [1.807, 2.05) is 0 Å². The number of benzene rings is 3. The Labute approximate surface area is 192 Å². The second-order valence-electron chi connectivity index (χ2n) is 6.88. The van der Waals surface area contributed by atoms with Crippen molar-refractivity contribution in [1.29, 1.82) is 0 Å². The largest absolute Gasteiger partial charge is 0.457 e. The fourth-order valence-electron chi connectivity index (χ4n) is 2.88. The van der Waals surface area contributed by atoms with E-state index in [1.54, 1.807) is 31.2 Å². The number of nitrogens with one attached hydrogen (secondary N) is 2. The van der Waals surface area contributed by atoms with Crippen LogP contribution in [0.1, 0.15) is 33.2 Å². The van der Waals surface area contributed by atoms with Crippen LogP contribution in [-0.2, 0) is 6.18 Å². The van der Waals surface area contributed by atoms with Gasteiger partial charge >= 0.3 is 6.18 Å². The van der Waals surface area contributed by atoms with Crippen LogP contribution in [0.3, 0.4) is 0 Å². The number of ether oxygens (including phenoxy) is 1. The summed E-state index contributed by atoms with van der Waals surface area (Å²) in [6.45, 7) is 2.24. The van der Waals surface area contributed by atoms with E-state index in [1.165, 1.54) is 24.3 Å². The first-order valence-corrected chi connectivity index (χ1v) is 10.1. The van der Waals surface area contributed by atoms with E-state index >= 15 is 0 Å². The summed E-state index contributed by atoms with van der Waals surface area (Å²) in [5, 5.41) is 4.69. The molecule has 0 spiro atoms. The average molecular weight is 478 g/mol. The molecule has 33 heavy (non-hydrogen) atoms. The first-order valence-electron chi connectivity index (χ1n) is 9.72. The molecule has 0 saturated heterocycles. The molecule has 0 radical (unpaired) electrons. The predicted molar refractivity (Wildman–Crippen MR) is 120 cm³/mol. The monoisotopic (exact) mass is 477 g/mol. The van der Waals surface area contributed by atoms with Crippen LogP contribution in [0.4, 0.5) is 24.5 Å². The molecule has 0 aliphatic heterocycles. The van der Waals surface area contributed by atoms with Crippen LogP contribution in [0, 0.1) is 0 Å². The Hall–Kier alpha value is -3.72. The highest BCUT2D eigenvalue weighted by molar-refractivity contribution is 6.31. The van der Waals surface area contributed by atoms with Crippen LogP contribution in [0.2, 0.25) is 5.02 Å². The topological polar surface area (TPSA) is 93.5 Å². The van der Waals surface area contributed by atoms with Crippen LogP contribution >= 0.6 is 11.6 Å². The van der Waals surface area contributed by atoms with Gasteiger partial charge in [-0.2, -0.15) is 13.2 Å². The number of anilines is 2. The van der Waals surface area contributed by atoms with Gasteiger partial charge in [-0.3, -0.25) is 9.59 Å². The molecule has 0 fully saturated rings. The van der Waals surface area contributed by atoms with E-state index in [2.05, 4.69) is 10.6 Å². The second kappa shape index (κ2) is 9.83. The lowest BCUT2D eigenvalue weighted by Gasteiger charge is -2.12. The SMILES string of the molecule is CCNC(=O)c1cc(Oc2ccc(NC(=O)c3ccc(Cl)c(C(F)(F)F)c3)cc2)ccc1N. The van der Waals surface area contributed by atoms with Crippen molar-refractivity contribution in [3.8, 4) is 11.5 Å². The van der Waals surface area contributed by atoms with Crippen LogP contribution in [0.15, 0.2) is 60.7 Å². The number of halogens is 4. The maximum absolute atomic E-state index is 13.0. The highest BCUT2D eigenvalue weighted by Gasteiger charge is 2.33. The molecular weight excluding hydrogens is 459 g/mol. The normalized spacial score (nSPS) is 11.1. The van der Waals surface area contributed by atoms with Crippen molar-refractivity contribution in [1.82, 2.24) is 5.32 Å². The fourth-order valence-corrected chi connectivity index (χ4v) is 3.11. The molecule has 0 atom stereocenters. The highest BCUT2D eigenvalue weighted by Crippen LogP contribution is 2.35. The van der Waals surface area contributed by atoms with Gasteiger partial charge in [0.1, 0.15) is 11.5 Å². The molecule has 0 heterocycles. The van der Waals surface area contributed by atoms with Crippen LogP contribution in [-0.4, -0.2) is 18.4 Å². The number of alkyl halides is 3. The lowest BCUT2D eigenvalue weighted by molar-refractivity contribution is -0.137. The highest BCUT2D eigenvalue weighted by atomic mass is 35.5. The summed E-state index contributed by atoms with van der Waals surface area (Å²) in [4.78, 5) is 24.4.